The van der Waals surface area contributed by atoms with E-state index in [0.717, 1.165) is 29.3 Å². The Bertz CT molecular complexity index is 872. The Hall–Kier alpha value is -2.60. The van der Waals surface area contributed by atoms with Crippen LogP contribution in [0.1, 0.15) is 35.2 Å². The maximum Gasteiger partial charge on any atom is 0.270 e. The van der Waals surface area contributed by atoms with E-state index in [-0.39, 0.29) is 17.5 Å². The zero-order chi connectivity index (χ0) is 19.9. The number of hydrogen-bond acceptors (Lipinski definition) is 3. The first-order valence-corrected chi connectivity index (χ1v) is 10.1. The van der Waals surface area contributed by atoms with Crippen molar-refractivity contribution in [1.82, 2.24) is 10.2 Å². The van der Waals surface area contributed by atoms with Crippen LogP contribution in [0.3, 0.4) is 0 Å². The number of halogens is 1. The Morgan fingerprint density at radius 1 is 1.04 bits per heavy atom. The van der Waals surface area contributed by atoms with Gasteiger partial charge in [0.2, 0.25) is 0 Å². The van der Waals surface area contributed by atoms with Crippen LogP contribution in [0, 0.1) is 0 Å². The number of hydrogen-bond donors (Lipinski definition) is 1. The Morgan fingerprint density at radius 2 is 1.71 bits per heavy atom. The summed E-state index contributed by atoms with van der Waals surface area (Å²) in [6.45, 7) is 1.42. The van der Waals surface area contributed by atoms with E-state index in [4.69, 9.17) is 4.74 Å². The highest BCUT2D eigenvalue weighted by Crippen LogP contribution is 2.19. The lowest BCUT2D eigenvalue weighted by atomic mass is 10.1. The van der Waals surface area contributed by atoms with Gasteiger partial charge in [0.15, 0.2) is 0 Å². The maximum absolute atomic E-state index is 13.1. The normalized spacial score (nSPS) is 14.5. The number of ether oxygens (including phenoxy) is 1. The molecule has 1 aliphatic rings. The summed E-state index contributed by atoms with van der Waals surface area (Å²) in [7, 11) is 1.52. The Kier molecular flexibility index (Phi) is 6.87. The number of carbonyl (C=O) groups is 2. The van der Waals surface area contributed by atoms with Crippen molar-refractivity contribution in [3.8, 4) is 5.75 Å². The smallest absolute Gasteiger partial charge is 0.270 e. The number of benzene rings is 2. The molecule has 0 aromatic heterocycles. The highest BCUT2D eigenvalue weighted by atomic mass is 79.9. The molecule has 146 valence electrons. The van der Waals surface area contributed by atoms with E-state index in [1.807, 2.05) is 24.3 Å². The predicted octanol–water partition coefficient (Wildman–Crippen LogP) is 4.24. The standard InChI is InChI=1S/C22H23BrN2O3/c1-28-20-8-4-3-7-18(20)21(26)24-19(15-16-9-11-17(23)12-10-16)22(27)25-13-5-2-6-14-25/h3-4,7-12,15H,2,5-6,13-14H2,1H3,(H,24,26). The molecule has 6 heteroatoms. The topological polar surface area (TPSA) is 58.6 Å². The number of nitrogens with one attached hydrogen (secondary N) is 1. The van der Waals surface area contributed by atoms with Crippen LogP contribution < -0.4 is 10.1 Å². The molecule has 1 heterocycles. The molecule has 0 aliphatic carbocycles. The van der Waals surface area contributed by atoms with Gasteiger partial charge in [-0.25, -0.2) is 0 Å². The SMILES string of the molecule is COc1ccccc1C(=O)NC(=Cc1ccc(Br)cc1)C(=O)N1CCCCC1. The van der Waals surface area contributed by atoms with E-state index in [1.54, 1.807) is 35.2 Å². The monoisotopic (exact) mass is 442 g/mol. The second-order valence-corrected chi connectivity index (χ2v) is 7.53. The first-order valence-electron chi connectivity index (χ1n) is 9.29. The molecule has 28 heavy (non-hydrogen) atoms. The van der Waals surface area contributed by atoms with Crippen LogP contribution >= 0.6 is 15.9 Å². The number of rotatable bonds is 5. The molecule has 0 radical (unpaired) electrons. The largest absolute Gasteiger partial charge is 0.496 e. The average molecular weight is 443 g/mol. The average Bonchev–Trinajstić information content (AvgIpc) is 2.74. The molecule has 0 saturated carbocycles. The molecule has 0 bridgehead atoms. The zero-order valence-corrected chi connectivity index (χ0v) is 17.4. The van der Waals surface area contributed by atoms with Crippen LogP contribution in [0.2, 0.25) is 0 Å². The molecule has 2 aromatic carbocycles. The lowest BCUT2D eigenvalue weighted by Gasteiger charge is -2.27. The molecule has 1 aliphatic heterocycles. The number of piperidine rings is 1. The quantitative estimate of drug-likeness (QED) is 0.704. The number of methoxy groups -OCH3 is 1. The van der Waals surface area contributed by atoms with E-state index >= 15 is 0 Å². The molecule has 2 aromatic rings. The Morgan fingerprint density at radius 3 is 2.39 bits per heavy atom. The van der Waals surface area contributed by atoms with Crippen LogP contribution in [0.4, 0.5) is 0 Å². The molecule has 5 nitrogen and oxygen atoms in total. The van der Waals surface area contributed by atoms with E-state index in [2.05, 4.69) is 21.2 Å². The molecule has 0 spiro atoms. The number of amides is 2. The summed E-state index contributed by atoms with van der Waals surface area (Å²) in [6.07, 6.45) is 4.81. The van der Waals surface area contributed by atoms with E-state index < -0.39 is 0 Å². The van der Waals surface area contributed by atoms with Gasteiger partial charge in [0.05, 0.1) is 12.7 Å². The van der Waals surface area contributed by atoms with E-state index in [9.17, 15) is 9.59 Å². The van der Waals surface area contributed by atoms with Crippen molar-refractivity contribution in [2.24, 2.45) is 0 Å². The number of likely N-dealkylation sites (tertiary alicyclic amines) is 1. The minimum Gasteiger partial charge on any atom is -0.496 e. The Balaban J connectivity index is 1.90. The fraction of sp³-hybridized carbons (Fsp3) is 0.273. The third-order valence-electron chi connectivity index (χ3n) is 4.65. The number of para-hydroxylation sites is 1. The molecule has 0 unspecified atom stereocenters. The second kappa shape index (κ2) is 9.55. The maximum atomic E-state index is 13.1. The third kappa shape index (κ3) is 5.01. The summed E-state index contributed by atoms with van der Waals surface area (Å²) in [6, 6.07) is 14.5. The third-order valence-corrected chi connectivity index (χ3v) is 5.18. The summed E-state index contributed by atoms with van der Waals surface area (Å²) in [5.41, 5.74) is 1.49. The van der Waals surface area contributed by atoms with Gasteiger partial charge >= 0.3 is 0 Å². The highest BCUT2D eigenvalue weighted by Gasteiger charge is 2.23. The molecular formula is C22H23BrN2O3. The van der Waals surface area contributed by atoms with Gasteiger partial charge in [0.25, 0.3) is 11.8 Å². The molecule has 0 atom stereocenters. The lowest BCUT2D eigenvalue weighted by Crippen LogP contribution is -2.41. The second-order valence-electron chi connectivity index (χ2n) is 6.62. The van der Waals surface area contributed by atoms with E-state index in [1.165, 1.54) is 7.11 Å². The van der Waals surface area contributed by atoms with Crippen molar-refractivity contribution in [3.63, 3.8) is 0 Å². The molecule has 3 rings (SSSR count). The fourth-order valence-electron chi connectivity index (χ4n) is 3.17. The first kappa shape index (κ1) is 20.1. The van der Waals surface area contributed by atoms with E-state index in [0.29, 0.717) is 24.4 Å². The van der Waals surface area contributed by atoms with Crippen molar-refractivity contribution in [3.05, 3.63) is 69.8 Å². The van der Waals surface area contributed by atoms with Crippen molar-refractivity contribution >= 4 is 33.8 Å². The molecule has 1 fully saturated rings. The molecule has 2 amide bonds. The summed E-state index contributed by atoms with van der Waals surface area (Å²) in [5, 5.41) is 2.81. The summed E-state index contributed by atoms with van der Waals surface area (Å²) < 4.78 is 6.23. The van der Waals surface area contributed by atoms with Crippen LogP contribution in [0.15, 0.2) is 58.7 Å². The van der Waals surface area contributed by atoms with Crippen LogP contribution in [0.25, 0.3) is 6.08 Å². The van der Waals surface area contributed by atoms with Gasteiger partial charge in [-0.3, -0.25) is 9.59 Å². The van der Waals surface area contributed by atoms with Gasteiger partial charge in [-0.05, 0) is 55.2 Å². The number of carbonyl (C=O) groups excluding carboxylic acids is 2. The number of nitrogens with zero attached hydrogens (tertiary/aromatic N) is 1. The summed E-state index contributed by atoms with van der Waals surface area (Å²) >= 11 is 3.41. The lowest BCUT2D eigenvalue weighted by molar-refractivity contribution is -0.128. The van der Waals surface area contributed by atoms with Gasteiger partial charge in [0, 0.05) is 17.6 Å². The Labute approximate surface area is 173 Å². The fourth-order valence-corrected chi connectivity index (χ4v) is 3.43. The van der Waals surface area contributed by atoms with Crippen molar-refractivity contribution < 1.29 is 14.3 Å². The minimum absolute atomic E-state index is 0.161. The van der Waals surface area contributed by atoms with Crippen LogP contribution in [-0.2, 0) is 4.79 Å². The van der Waals surface area contributed by atoms with Crippen molar-refractivity contribution in [1.29, 1.82) is 0 Å². The predicted molar refractivity (Wildman–Crippen MR) is 113 cm³/mol. The highest BCUT2D eigenvalue weighted by molar-refractivity contribution is 9.10. The zero-order valence-electron chi connectivity index (χ0n) is 15.8. The van der Waals surface area contributed by atoms with Crippen LogP contribution in [-0.4, -0.2) is 36.9 Å². The molecular weight excluding hydrogens is 420 g/mol. The summed E-state index contributed by atoms with van der Waals surface area (Å²) in [4.78, 5) is 27.8. The van der Waals surface area contributed by atoms with Crippen molar-refractivity contribution in [2.75, 3.05) is 20.2 Å². The molecule has 1 N–H and O–H groups in total. The van der Waals surface area contributed by atoms with Crippen LogP contribution in [0.5, 0.6) is 5.75 Å². The molecule has 1 saturated heterocycles. The van der Waals surface area contributed by atoms with Gasteiger partial charge in [-0.15, -0.1) is 0 Å². The van der Waals surface area contributed by atoms with Crippen molar-refractivity contribution in [2.45, 2.75) is 19.3 Å². The van der Waals surface area contributed by atoms with Gasteiger partial charge in [0.1, 0.15) is 11.4 Å². The van der Waals surface area contributed by atoms with Gasteiger partial charge < -0.3 is 15.0 Å². The summed E-state index contributed by atoms with van der Waals surface area (Å²) in [5.74, 6) is -0.0644. The first-order chi connectivity index (χ1) is 13.6. The minimum atomic E-state index is -0.369. The van der Waals surface area contributed by atoms with Gasteiger partial charge in [-0.2, -0.15) is 0 Å². The van der Waals surface area contributed by atoms with Gasteiger partial charge in [-0.1, -0.05) is 40.2 Å².